The molecule has 0 spiro atoms. The van der Waals surface area contributed by atoms with Gasteiger partial charge < -0.3 is 14.8 Å². The fourth-order valence-electron chi connectivity index (χ4n) is 2.01. The van der Waals surface area contributed by atoms with Gasteiger partial charge in [0.2, 0.25) is 0 Å². The van der Waals surface area contributed by atoms with Crippen LogP contribution < -0.4 is 10.1 Å². The Hall–Kier alpha value is -3.04. The Balaban J connectivity index is 1.82. The number of carbonyl (C=O) groups excluding carboxylic acids is 2. The zero-order valence-electron chi connectivity index (χ0n) is 14.3. The third-order valence-electron chi connectivity index (χ3n) is 3.45. The number of amides is 1. The van der Waals surface area contributed by atoms with Crippen LogP contribution in [-0.2, 0) is 14.3 Å². The first-order chi connectivity index (χ1) is 12.4. The molecule has 26 heavy (non-hydrogen) atoms. The highest BCUT2D eigenvalue weighted by Gasteiger charge is 2.18. The summed E-state index contributed by atoms with van der Waals surface area (Å²) in [6, 6.07) is 13.4. The molecular weight excluding hydrogens is 356 g/mol. The van der Waals surface area contributed by atoms with Gasteiger partial charge in [0.1, 0.15) is 5.75 Å². The number of hydrogen-bond donors (Lipinski definition) is 1. The van der Waals surface area contributed by atoms with Crippen LogP contribution in [0, 0.1) is 18.3 Å². The molecule has 7 heteroatoms. The molecule has 0 fully saturated rings. The predicted octanol–water partition coefficient (Wildman–Crippen LogP) is 3.47. The number of nitrogens with zero attached hydrogens (tertiary/aromatic N) is 1. The van der Waals surface area contributed by atoms with Gasteiger partial charge in [-0.15, -0.1) is 0 Å². The maximum Gasteiger partial charge on any atom is 0.344 e. The molecule has 6 nitrogen and oxygen atoms in total. The Labute approximate surface area is 156 Å². The van der Waals surface area contributed by atoms with Crippen molar-refractivity contribution < 1.29 is 19.1 Å². The minimum atomic E-state index is -0.992. The van der Waals surface area contributed by atoms with Crippen LogP contribution in [0.4, 0.5) is 5.69 Å². The minimum absolute atomic E-state index is 0.324. The molecule has 0 radical (unpaired) electrons. The highest BCUT2D eigenvalue weighted by molar-refractivity contribution is 6.31. The van der Waals surface area contributed by atoms with Crippen LogP contribution in [0.5, 0.6) is 5.75 Å². The lowest BCUT2D eigenvalue weighted by Gasteiger charge is -2.14. The van der Waals surface area contributed by atoms with E-state index in [1.54, 1.807) is 42.5 Å². The average Bonchev–Trinajstić information content (AvgIpc) is 2.63. The standard InChI is InChI=1S/C19H17ClN2O4/c1-12-9-16(7-8-17(12)20)25-11-18(23)26-13(2)19(24)22-15-5-3-14(10-21)4-6-15/h3-9,13H,11H2,1-2H3,(H,22,24)/t13-/m0/s1. The van der Waals surface area contributed by atoms with Gasteiger partial charge in [-0.1, -0.05) is 11.6 Å². The lowest BCUT2D eigenvalue weighted by Crippen LogP contribution is -2.31. The van der Waals surface area contributed by atoms with Gasteiger partial charge in [0.15, 0.2) is 12.7 Å². The molecule has 0 unspecified atom stereocenters. The van der Waals surface area contributed by atoms with E-state index in [0.717, 1.165) is 5.56 Å². The van der Waals surface area contributed by atoms with E-state index in [2.05, 4.69) is 5.32 Å². The molecule has 0 aliphatic rings. The minimum Gasteiger partial charge on any atom is -0.482 e. The fraction of sp³-hybridized carbons (Fsp3) is 0.211. The summed E-state index contributed by atoms with van der Waals surface area (Å²) in [5.74, 6) is -0.663. The normalized spacial score (nSPS) is 11.2. The van der Waals surface area contributed by atoms with E-state index in [-0.39, 0.29) is 6.61 Å². The number of esters is 1. The molecule has 0 heterocycles. The van der Waals surface area contributed by atoms with E-state index in [0.29, 0.717) is 22.0 Å². The second kappa shape index (κ2) is 8.88. The monoisotopic (exact) mass is 372 g/mol. The molecule has 0 saturated heterocycles. The topological polar surface area (TPSA) is 88.4 Å². The van der Waals surface area contributed by atoms with E-state index in [1.807, 2.05) is 13.0 Å². The zero-order valence-corrected chi connectivity index (χ0v) is 15.0. The van der Waals surface area contributed by atoms with Crippen molar-refractivity contribution in [2.24, 2.45) is 0 Å². The maximum atomic E-state index is 12.0. The largest absolute Gasteiger partial charge is 0.482 e. The van der Waals surface area contributed by atoms with Gasteiger partial charge in [-0.3, -0.25) is 4.79 Å². The van der Waals surface area contributed by atoms with E-state index >= 15 is 0 Å². The van der Waals surface area contributed by atoms with Crippen molar-refractivity contribution in [1.82, 2.24) is 0 Å². The predicted molar refractivity (Wildman–Crippen MR) is 97.0 cm³/mol. The molecule has 0 bridgehead atoms. The highest BCUT2D eigenvalue weighted by Crippen LogP contribution is 2.21. The van der Waals surface area contributed by atoms with Crippen LogP contribution in [0.15, 0.2) is 42.5 Å². The Morgan fingerprint density at radius 3 is 2.54 bits per heavy atom. The van der Waals surface area contributed by atoms with Crippen molar-refractivity contribution in [1.29, 1.82) is 5.26 Å². The Bertz CT molecular complexity index is 844. The average molecular weight is 373 g/mol. The van der Waals surface area contributed by atoms with Crippen LogP contribution >= 0.6 is 11.6 Å². The maximum absolute atomic E-state index is 12.0. The van der Waals surface area contributed by atoms with E-state index in [1.165, 1.54) is 6.92 Å². The number of ether oxygens (including phenoxy) is 2. The second-order valence-corrected chi connectivity index (χ2v) is 5.92. The summed E-state index contributed by atoms with van der Waals surface area (Å²) < 4.78 is 10.4. The molecule has 2 aromatic carbocycles. The van der Waals surface area contributed by atoms with Crippen molar-refractivity contribution in [3.05, 3.63) is 58.6 Å². The fourth-order valence-corrected chi connectivity index (χ4v) is 2.12. The number of nitrogens with one attached hydrogen (secondary N) is 1. The van der Waals surface area contributed by atoms with Crippen molar-refractivity contribution in [2.45, 2.75) is 20.0 Å². The van der Waals surface area contributed by atoms with E-state index in [4.69, 9.17) is 26.3 Å². The molecular formula is C19H17ClN2O4. The summed E-state index contributed by atoms with van der Waals surface area (Å²) in [5, 5.41) is 12.0. The molecule has 1 atom stereocenters. The molecule has 1 N–H and O–H groups in total. The summed E-state index contributed by atoms with van der Waals surface area (Å²) in [4.78, 5) is 23.9. The number of benzene rings is 2. The number of hydrogen-bond acceptors (Lipinski definition) is 5. The number of anilines is 1. The first-order valence-corrected chi connectivity index (χ1v) is 8.16. The first kappa shape index (κ1) is 19.3. The number of carbonyl (C=O) groups is 2. The molecule has 0 aliphatic heterocycles. The van der Waals surface area contributed by atoms with Gasteiger partial charge >= 0.3 is 5.97 Å². The molecule has 0 aromatic heterocycles. The van der Waals surface area contributed by atoms with Crippen LogP contribution in [0.3, 0.4) is 0 Å². The molecule has 0 saturated carbocycles. The smallest absolute Gasteiger partial charge is 0.344 e. The van der Waals surface area contributed by atoms with Crippen molar-refractivity contribution in [2.75, 3.05) is 11.9 Å². The third-order valence-corrected chi connectivity index (χ3v) is 3.87. The number of rotatable bonds is 6. The van der Waals surface area contributed by atoms with Crippen LogP contribution in [-0.4, -0.2) is 24.6 Å². The quantitative estimate of drug-likeness (QED) is 0.784. The molecule has 2 rings (SSSR count). The van der Waals surface area contributed by atoms with Gasteiger partial charge in [-0.2, -0.15) is 5.26 Å². The lowest BCUT2D eigenvalue weighted by molar-refractivity contribution is -0.155. The molecule has 134 valence electrons. The van der Waals surface area contributed by atoms with Crippen LogP contribution in [0.25, 0.3) is 0 Å². The number of halogens is 1. The Kier molecular flexibility index (Phi) is 6.59. The summed E-state index contributed by atoms with van der Waals surface area (Å²) in [5.41, 5.74) is 1.81. The summed E-state index contributed by atoms with van der Waals surface area (Å²) in [7, 11) is 0. The van der Waals surface area contributed by atoms with Gasteiger partial charge in [0, 0.05) is 10.7 Å². The van der Waals surface area contributed by atoms with Gasteiger partial charge in [-0.25, -0.2) is 4.79 Å². The summed E-state index contributed by atoms with van der Waals surface area (Å²) in [6.45, 7) is 2.96. The van der Waals surface area contributed by atoms with Gasteiger partial charge in [-0.05, 0) is 61.9 Å². The van der Waals surface area contributed by atoms with Gasteiger partial charge in [0.25, 0.3) is 5.91 Å². The van der Waals surface area contributed by atoms with Crippen LogP contribution in [0.1, 0.15) is 18.1 Å². The van der Waals surface area contributed by atoms with Crippen molar-refractivity contribution >= 4 is 29.2 Å². The highest BCUT2D eigenvalue weighted by atomic mass is 35.5. The number of nitriles is 1. The molecule has 1 amide bonds. The van der Waals surface area contributed by atoms with E-state index < -0.39 is 18.0 Å². The van der Waals surface area contributed by atoms with Crippen LogP contribution in [0.2, 0.25) is 5.02 Å². The molecule has 2 aromatic rings. The number of aryl methyl sites for hydroxylation is 1. The lowest BCUT2D eigenvalue weighted by atomic mass is 10.2. The Morgan fingerprint density at radius 2 is 1.92 bits per heavy atom. The SMILES string of the molecule is Cc1cc(OCC(=O)O[C@@H](C)C(=O)Nc2ccc(C#N)cc2)ccc1Cl. The zero-order chi connectivity index (χ0) is 19.1. The second-order valence-electron chi connectivity index (χ2n) is 5.51. The van der Waals surface area contributed by atoms with E-state index in [9.17, 15) is 9.59 Å². The Morgan fingerprint density at radius 1 is 1.23 bits per heavy atom. The first-order valence-electron chi connectivity index (χ1n) is 7.78. The summed E-state index contributed by atoms with van der Waals surface area (Å²) >= 11 is 5.92. The summed E-state index contributed by atoms with van der Waals surface area (Å²) in [6.07, 6.45) is -0.992. The van der Waals surface area contributed by atoms with Crippen molar-refractivity contribution in [3.8, 4) is 11.8 Å². The molecule has 0 aliphatic carbocycles. The van der Waals surface area contributed by atoms with Crippen molar-refractivity contribution in [3.63, 3.8) is 0 Å². The van der Waals surface area contributed by atoms with Gasteiger partial charge in [0.05, 0.1) is 11.6 Å². The third kappa shape index (κ3) is 5.50.